The highest BCUT2D eigenvalue weighted by atomic mass is 16.6. The summed E-state index contributed by atoms with van der Waals surface area (Å²) >= 11 is 0. The van der Waals surface area contributed by atoms with Gasteiger partial charge < -0.3 is 14.2 Å². The van der Waals surface area contributed by atoms with Crippen LogP contribution in [0.2, 0.25) is 0 Å². The van der Waals surface area contributed by atoms with Crippen LogP contribution in [0.25, 0.3) is 0 Å². The van der Waals surface area contributed by atoms with Gasteiger partial charge in [-0.05, 0) is 26.0 Å². The van der Waals surface area contributed by atoms with Gasteiger partial charge in [-0.3, -0.25) is 19.7 Å². The average Bonchev–Trinajstić information content (AvgIpc) is 2.48. The third-order valence-electron chi connectivity index (χ3n) is 2.58. The number of nitro benzene ring substituents is 1. The van der Waals surface area contributed by atoms with E-state index in [9.17, 15) is 19.7 Å². The molecule has 0 saturated heterocycles. The van der Waals surface area contributed by atoms with E-state index in [4.69, 9.17) is 4.74 Å². The molecule has 0 radical (unpaired) electrons. The van der Waals surface area contributed by atoms with Crippen LogP contribution >= 0.6 is 0 Å². The minimum atomic E-state index is -0.523. The van der Waals surface area contributed by atoms with E-state index in [1.807, 2.05) is 13.8 Å². The van der Waals surface area contributed by atoms with Gasteiger partial charge in [0, 0.05) is 19.2 Å². The highest BCUT2D eigenvalue weighted by molar-refractivity contribution is 5.70. The number of methoxy groups -OCH3 is 2. The van der Waals surface area contributed by atoms with E-state index in [0.717, 1.165) is 0 Å². The predicted octanol–water partition coefficient (Wildman–Crippen LogP) is 2.10. The Labute approximate surface area is 128 Å². The van der Waals surface area contributed by atoms with Gasteiger partial charge in [-0.1, -0.05) is 0 Å². The molecule has 0 unspecified atom stereocenters. The second-order valence-corrected chi connectivity index (χ2v) is 4.68. The van der Waals surface area contributed by atoms with Crippen molar-refractivity contribution in [2.24, 2.45) is 0 Å². The number of carbonyl (C=O) groups excluding carboxylic acids is 2. The van der Waals surface area contributed by atoms with Crippen LogP contribution < -0.4 is 4.74 Å². The fourth-order valence-corrected chi connectivity index (χ4v) is 1.19. The van der Waals surface area contributed by atoms with Crippen molar-refractivity contribution in [3.05, 3.63) is 34.4 Å². The molecule has 0 spiro atoms. The van der Waals surface area contributed by atoms with Gasteiger partial charge in [0.1, 0.15) is 5.75 Å². The van der Waals surface area contributed by atoms with Crippen LogP contribution in [0.15, 0.2) is 24.3 Å². The Morgan fingerprint density at radius 3 is 2.18 bits per heavy atom. The van der Waals surface area contributed by atoms with E-state index < -0.39 is 10.5 Å². The summed E-state index contributed by atoms with van der Waals surface area (Å²) in [5.74, 6) is 0.0439. The number of nitro groups is 1. The lowest BCUT2D eigenvalue weighted by atomic mass is 10.1. The standard InChI is InChI=1S/C7H5NO4.C7H14O3/c9-5-12-7-3-1-6(2-4-7)8(10)11;1-7(2,10-4)5-6(8)9-3/h1-5H;5H2,1-4H3. The first kappa shape index (κ1) is 19.5. The lowest BCUT2D eigenvalue weighted by Crippen LogP contribution is -2.26. The van der Waals surface area contributed by atoms with Crippen molar-refractivity contribution in [1.29, 1.82) is 0 Å². The van der Waals surface area contributed by atoms with Crippen molar-refractivity contribution in [1.82, 2.24) is 0 Å². The molecule has 22 heavy (non-hydrogen) atoms. The quantitative estimate of drug-likeness (QED) is 0.343. The van der Waals surface area contributed by atoms with Crippen LogP contribution in [-0.2, 0) is 19.1 Å². The Morgan fingerprint density at radius 1 is 1.27 bits per heavy atom. The molecule has 0 atom stereocenters. The Bertz CT molecular complexity index is 496. The largest absolute Gasteiger partial charge is 0.469 e. The maximum absolute atomic E-state index is 10.7. The van der Waals surface area contributed by atoms with Crippen LogP contribution in [0.5, 0.6) is 5.75 Å². The van der Waals surface area contributed by atoms with Gasteiger partial charge in [0.2, 0.25) is 0 Å². The van der Waals surface area contributed by atoms with Crippen molar-refractivity contribution < 1.29 is 28.7 Å². The molecule has 0 aliphatic rings. The van der Waals surface area contributed by atoms with Crippen LogP contribution in [0.3, 0.4) is 0 Å². The van der Waals surface area contributed by atoms with E-state index in [1.165, 1.54) is 31.4 Å². The third kappa shape index (κ3) is 7.95. The summed E-state index contributed by atoms with van der Waals surface area (Å²) in [5.41, 5.74) is -0.444. The molecular formula is C14H19NO7. The van der Waals surface area contributed by atoms with E-state index in [0.29, 0.717) is 6.42 Å². The van der Waals surface area contributed by atoms with Gasteiger partial charge in [-0.15, -0.1) is 0 Å². The minimum absolute atomic E-state index is 0.0340. The number of non-ortho nitro benzene ring substituents is 1. The number of ether oxygens (including phenoxy) is 3. The molecule has 1 rings (SSSR count). The Hall–Kier alpha value is -2.48. The maximum atomic E-state index is 10.7. The molecule has 0 saturated carbocycles. The normalized spacial score (nSPS) is 10.0. The zero-order valence-corrected chi connectivity index (χ0v) is 12.9. The first-order valence-corrected chi connectivity index (χ1v) is 6.22. The van der Waals surface area contributed by atoms with Gasteiger partial charge in [-0.25, -0.2) is 0 Å². The minimum Gasteiger partial charge on any atom is -0.469 e. The molecule has 1 aromatic rings. The summed E-state index contributed by atoms with van der Waals surface area (Å²) in [6, 6.07) is 5.23. The average molecular weight is 313 g/mol. The van der Waals surface area contributed by atoms with Crippen molar-refractivity contribution >= 4 is 18.1 Å². The Balaban J connectivity index is 0.000000409. The smallest absolute Gasteiger partial charge is 0.308 e. The molecule has 0 fully saturated rings. The van der Waals surface area contributed by atoms with Crippen LogP contribution in [-0.4, -0.2) is 37.2 Å². The lowest BCUT2D eigenvalue weighted by Gasteiger charge is -2.20. The SMILES string of the molecule is COC(=O)CC(C)(C)OC.O=COc1ccc([N+](=O)[O-])cc1. The summed E-state index contributed by atoms with van der Waals surface area (Å²) in [7, 11) is 2.94. The van der Waals surface area contributed by atoms with Crippen molar-refractivity contribution in [3.8, 4) is 5.75 Å². The second-order valence-electron chi connectivity index (χ2n) is 4.68. The van der Waals surface area contributed by atoms with Crippen LogP contribution in [0.1, 0.15) is 20.3 Å². The van der Waals surface area contributed by atoms with Crippen molar-refractivity contribution in [2.75, 3.05) is 14.2 Å². The highest BCUT2D eigenvalue weighted by Crippen LogP contribution is 2.16. The maximum Gasteiger partial charge on any atom is 0.308 e. The molecule has 8 nitrogen and oxygen atoms in total. The molecule has 1 aromatic carbocycles. The van der Waals surface area contributed by atoms with E-state index >= 15 is 0 Å². The van der Waals surface area contributed by atoms with Gasteiger partial charge in [0.25, 0.3) is 12.2 Å². The van der Waals surface area contributed by atoms with Gasteiger partial charge in [0.05, 0.1) is 24.1 Å². The summed E-state index contributed by atoms with van der Waals surface area (Å²) in [6.45, 7) is 3.94. The molecule has 0 aromatic heterocycles. The molecule has 0 heterocycles. The van der Waals surface area contributed by atoms with Crippen molar-refractivity contribution in [2.45, 2.75) is 25.9 Å². The van der Waals surface area contributed by atoms with E-state index in [-0.39, 0.29) is 23.9 Å². The fourth-order valence-electron chi connectivity index (χ4n) is 1.19. The highest BCUT2D eigenvalue weighted by Gasteiger charge is 2.20. The zero-order chi connectivity index (χ0) is 17.2. The summed E-state index contributed by atoms with van der Waals surface area (Å²) in [6.07, 6.45) is 0.292. The fraction of sp³-hybridized carbons (Fsp3) is 0.429. The lowest BCUT2D eigenvalue weighted by molar-refractivity contribution is -0.384. The topological polar surface area (TPSA) is 105 Å². The summed E-state index contributed by atoms with van der Waals surface area (Å²) in [4.78, 5) is 30.2. The van der Waals surface area contributed by atoms with Crippen LogP contribution in [0, 0.1) is 10.1 Å². The molecule has 0 aliphatic heterocycles. The number of benzene rings is 1. The van der Waals surface area contributed by atoms with Crippen LogP contribution in [0.4, 0.5) is 5.69 Å². The van der Waals surface area contributed by atoms with Gasteiger partial charge in [0.15, 0.2) is 0 Å². The number of hydrogen-bond donors (Lipinski definition) is 0. The summed E-state index contributed by atoms with van der Waals surface area (Å²) in [5, 5.41) is 10.2. The number of rotatable bonds is 6. The second kappa shape index (κ2) is 9.46. The Morgan fingerprint density at radius 2 is 1.82 bits per heavy atom. The van der Waals surface area contributed by atoms with E-state index in [1.54, 1.807) is 7.11 Å². The molecule has 122 valence electrons. The number of esters is 1. The molecule has 0 N–H and O–H groups in total. The van der Waals surface area contributed by atoms with Gasteiger partial charge in [-0.2, -0.15) is 0 Å². The third-order valence-corrected chi connectivity index (χ3v) is 2.58. The Kier molecular flexibility index (Phi) is 8.39. The van der Waals surface area contributed by atoms with Gasteiger partial charge >= 0.3 is 5.97 Å². The first-order chi connectivity index (χ1) is 10.3. The summed E-state index contributed by atoms with van der Waals surface area (Å²) < 4.78 is 13.9. The molecule has 0 bridgehead atoms. The van der Waals surface area contributed by atoms with Crippen molar-refractivity contribution in [3.63, 3.8) is 0 Å². The number of hydrogen-bond acceptors (Lipinski definition) is 7. The zero-order valence-electron chi connectivity index (χ0n) is 12.9. The molecule has 0 amide bonds. The van der Waals surface area contributed by atoms with E-state index in [2.05, 4.69) is 9.47 Å². The number of nitrogens with zero attached hydrogens (tertiary/aromatic N) is 1. The number of carbonyl (C=O) groups is 2. The molecule has 8 heteroatoms. The monoisotopic (exact) mass is 313 g/mol. The predicted molar refractivity (Wildman–Crippen MR) is 77.5 cm³/mol. The molecule has 0 aliphatic carbocycles. The molecular weight excluding hydrogens is 294 g/mol. The first-order valence-electron chi connectivity index (χ1n) is 6.22.